The summed E-state index contributed by atoms with van der Waals surface area (Å²) in [6.45, 7) is 6.71. The maximum Gasteiger partial charge on any atom is 0.306 e. The molecule has 0 saturated heterocycles. The molecule has 0 saturated carbocycles. The molecule has 0 bridgehead atoms. The van der Waals surface area contributed by atoms with Crippen LogP contribution in [0.2, 0.25) is 0 Å². The van der Waals surface area contributed by atoms with Gasteiger partial charge in [-0.3, -0.25) is 14.4 Å². The minimum atomic E-state index is -0.772. The predicted molar refractivity (Wildman–Crippen MR) is 344 cm³/mol. The highest BCUT2D eigenvalue weighted by molar-refractivity contribution is 5.71. The van der Waals surface area contributed by atoms with E-state index in [1.807, 2.05) is 0 Å². The van der Waals surface area contributed by atoms with Crippen LogP contribution in [0.1, 0.15) is 406 Å². The number of rotatable bonds is 67. The van der Waals surface area contributed by atoms with Crippen molar-refractivity contribution < 1.29 is 28.6 Å². The third kappa shape index (κ3) is 66.6. The maximum atomic E-state index is 13.0. The summed E-state index contributed by atoms with van der Waals surface area (Å²) in [7, 11) is 0. The Morgan fingerprint density at radius 3 is 0.633 bits per heavy atom. The molecule has 6 nitrogen and oxygen atoms in total. The molecule has 0 rings (SSSR count). The summed E-state index contributed by atoms with van der Waals surface area (Å²) in [6.07, 6.45) is 83.5. The molecule has 0 N–H and O–H groups in total. The standard InChI is InChI=1S/C73H138O6/c1-4-7-10-13-16-19-22-25-28-30-32-34-36-37-38-40-41-43-45-48-51-54-57-60-63-66-72(75)78-69-70(68-77-71(74)65-62-59-56-53-50-47-27-24-21-18-15-12-9-6-3)79-73(76)67-64-61-58-55-52-49-46-44-42-39-35-33-31-29-26-23-20-17-14-11-8-5-2/h24,27,30,32,70H,4-23,25-26,28-29,31,33-69H2,1-3H3/b27-24-,32-30-. The lowest BCUT2D eigenvalue weighted by Crippen LogP contribution is -2.30. The van der Waals surface area contributed by atoms with Gasteiger partial charge in [0.25, 0.3) is 0 Å². The SMILES string of the molecule is CCCCCCC/C=C\CCCCCCCC(=O)OCC(COC(=O)CCCCCCCCCCCCCCC/C=C\CCCCCCCCCC)OC(=O)CCCCCCCCCCCCCCCCCCCCCCCC. The van der Waals surface area contributed by atoms with E-state index in [4.69, 9.17) is 14.2 Å². The highest BCUT2D eigenvalue weighted by atomic mass is 16.6. The average molecular weight is 1110 g/mol. The van der Waals surface area contributed by atoms with Gasteiger partial charge in [0, 0.05) is 19.3 Å². The van der Waals surface area contributed by atoms with Gasteiger partial charge in [0.15, 0.2) is 6.10 Å². The lowest BCUT2D eigenvalue weighted by atomic mass is 10.0. The van der Waals surface area contributed by atoms with Crippen LogP contribution in [0.15, 0.2) is 24.3 Å². The molecule has 0 aliphatic rings. The van der Waals surface area contributed by atoms with Gasteiger partial charge in [-0.15, -0.1) is 0 Å². The van der Waals surface area contributed by atoms with E-state index in [0.717, 1.165) is 64.2 Å². The third-order valence-electron chi connectivity index (χ3n) is 16.4. The Hall–Kier alpha value is -2.11. The van der Waals surface area contributed by atoms with Crippen molar-refractivity contribution in [3.05, 3.63) is 24.3 Å². The first kappa shape index (κ1) is 76.9. The maximum absolute atomic E-state index is 13.0. The fourth-order valence-corrected chi connectivity index (χ4v) is 11.0. The molecular formula is C73H138O6. The van der Waals surface area contributed by atoms with Crippen LogP contribution in [0.3, 0.4) is 0 Å². The van der Waals surface area contributed by atoms with Crippen LogP contribution in [0.5, 0.6) is 0 Å². The van der Waals surface area contributed by atoms with Crippen LogP contribution in [-0.4, -0.2) is 37.2 Å². The van der Waals surface area contributed by atoms with Crippen molar-refractivity contribution in [1.29, 1.82) is 0 Å². The van der Waals surface area contributed by atoms with E-state index < -0.39 is 6.10 Å². The molecule has 466 valence electrons. The van der Waals surface area contributed by atoms with Crippen molar-refractivity contribution in [2.75, 3.05) is 13.2 Å². The quantitative estimate of drug-likeness (QED) is 0.0261. The van der Waals surface area contributed by atoms with Gasteiger partial charge in [-0.25, -0.2) is 0 Å². The van der Waals surface area contributed by atoms with Crippen LogP contribution in [0.25, 0.3) is 0 Å². The lowest BCUT2D eigenvalue weighted by Gasteiger charge is -2.18. The summed E-state index contributed by atoms with van der Waals surface area (Å²) in [5.41, 5.74) is 0. The molecule has 0 spiro atoms. The number of allylic oxidation sites excluding steroid dienone is 4. The Balaban J connectivity index is 4.24. The Kier molecular flexibility index (Phi) is 66.6. The minimum Gasteiger partial charge on any atom is -0.462 e. The van der Waals surface area contributed by atoms with E-state index >= 15 is 0 Å². The first-order valence-electron chi connectivity index (χ1n) is 35.8. The van der Waals surface area contributed by atoms with Crippen LogP contribution in [0.4, 0.5) is 0 Å². The summed E-state index contributed by atoms with van der Waals surface area (Å²) in [5, 5.41) is 0. The Morgan fingerprint density at radius 2 is 0.418 bits per heavy atom. The molecule has 0 heterocycles. The number of carbonyl (C=O) groups excluding carboxylic acids is 3. The van der Waals surface area contributed by atoms with E-state index in [1.165, 1.54) is 302 Å². The molecule has 0 radical (unpaired) electrons. The first-order chi connectivity index (χ1) is 39.0. The fraction of sp³-hybridized carbons (Fsp3) is 0.904. The zero-order chi connectivity index (χ0) is 57.1. The topological polar surface area (TPSA) is 78.9 Å². The van der Waals surface area contributed by atoms with Gasteiger partial charge in [0.05, 0.1) is 0 Å². The summed E-state index contributed by atoms with van der Waals surface area (Å²) < 4.78 is 17.0. The van der Waals surface area contributed by atoms with Crippen molar-refractivity contribution in [1.82, 2.24) is 0 Å². The molecule has 0 aromatic rings. The van der Waals surface area contributed by atoms with Crippen molar-refractivity contribution in [2.45, 2.75) is 412 Å². The van der Waals surface area contributed by atoms with Gasteiger partial charge in [0.1, 0.15) is 13.2 Å². The van der Waals surface area contributed by atoms with E-state index in [2.05, 4.69) is 45.1 Å². The minimum absolute atomic E-state index is 0.0682. The van der Waals surface area contributed by atoms with Crippen molar-refractivity contribution in [3.8, 4) is 0 Å². The largest absolute Gasteiger partial charge is 0.462 e. The van der Waals surface area contributed by atoms with Crippen molar-refractivity contribution in [2.24, 2.45) is 0 Å². The lowest BCUT2D eigenvalue weighted by molar-refractivity contribution is -0.167. The van der Waals surface area contributed by atoms with Crippen LogP contribution >= 0.6 is 0 Å². The Labute approximate surface area is 493 Å². The molecular weight excluding hydrogens is 973 g/mol. The first-order valence-corrected chi connectivity index (χ1v) is 35.8. The second-order valence-electron chi connectivity index (χ2n) is 24.5. The van der Waals surface area contributed by atoms with Gasteiger partial charge in [-0.05, 0) is 70.6 Å². The van der Waals surface area contributed by atoms with Crippen LogP contribution < -0.4 is 0 Å². The summed E-state index contributed by atoms with van der Waals surface area (Å²) in [6, 6.07) is 0. The molecule has 0 fully saturated rings. The van der Waals surface area contributed by atoms with Crippen LogP contribution in [-0.2, 0) is 28.6 Å². The van der Waals surface area contributed by atoms with E-state index in [9.17, 15) is 14.4 Å². The summed E-state index contributed by atoms with van der Waals surface area (Å²) in [5.74, 6) is -0.845. The van der Waals surface area contributed by atoms with Crippen molar-refractivity contribution in [3.63, 3.8) is 0 Å². The predicted octanol–water partition coefficient (Wildman–Crippen LogP) is 24.6. The molecule has 1 unspecified atom stereocenters. The molecule has 0 aromatic heterocycles. The normalized spacial score (nSPS) is 12.1. The van der Waals surface area contributed by atoms with Gasteiger partial charge in [-0.1, -0.05) is 340 Å². The second-order valence-corrected chi connectivity index (χ2v) is 24.5. The van der Waals surface area contributed by atoms with Gasteiger partial charge < -0.3 is 14.2 Å². The second kappa shape index (κ2) is 68.4. The molecule has 0 aliphatic carbocycles. The molecule has 0 amide bonds. The zero-order valence-corrected chi connectivity index (χ0v) is 53.7. The summed E-state index contributed by atoms with van der Waals surface area (Å²) in [4.78, 5) is 38.4. The molecule has 0 aliphatic heterocycles. The zero-order valence-electron chi connectivity index (χ0n) is 53.7. The smallest absolute Gasteiger partial charge is 0.306 e. The number of ether oxygens (including phenoxy) is 3. The van der Waals surface area contributed by atoms with Gasteiger partial charge >= 0.3 is 17.9 Å². The number of esters is 3. The Morgan fingerprint density at radius 1 is 0.241 bits per heavy atom. The monoisotopic (exact) mass is 1110 g/mol. The van der Waals surface area contributed by atoms with Crippen molar-refractivity contribution >= 4 is 17.9 Å². The van der Waals surface area contributed by atoms with Gasteiger partial charge in [0.2, 0.25) is 0 Å². The summed E-state index contributed by atoms with van der Waals surface area (Å²) >= 11 is 0. The number of unbranched alkanes of at least 4 members (excludes halogenated alkanes) is 52. The fourth-order valence-electron chi connectivity index (χ4n) is 11.0. The molecule has 0 aromatic carbocycles. The highest BCUT2D eigenvalue weighted by Crippen LogP contribution is 2.19. The van der Waals surface area contributed by atoms with E-state index in [-0.39, 0.29) is 31.1 Å². The number of hydrogen-bond acceptors (Lipinski definition) is 6. The molecule has 6 heteroatoms. The van der Waals surface area contributed by atoms with Crippen LogP contribution in [0, 0.1) is 0 Å². The highest BCUT2D eigenvalue weighted by Gasteiger charge is 2.19. The van der Waals surface area contributed by atoms with Gasteiger partial charge in [-0.2, -0.15) is 0 Å². The third-order valence-corrected chi connectivity index (χ3v) is 16.4. The number of hydrogen-bond donors (Lipinski definition) is 0. The van der Waals surface area contributed by atoms with E-state index in [0.29, 0.717) is 19.3 Å². The Bertz CT molecular complexity index is 1270. The number of carbonyl (C=O) groups is 3. The van der Waals surface area contributed by atoms with E-state index in [1.54, 1.807) is 0 Å². The molecule has 79 heavy (non-hydrogen) atoms. The molecule has 1 atom stereocenters. The average Bonchev–Trinajstić information content (AvgIpc) is 3.45.